The number of nitrogens with zero attached hydrogens (tertiary/aromatic N) is 3. The van der Waals surface area contributed by atoms with E-state index < -0.39 is 0 Å². The van der Waals surface area contributed by atoms with Gasteiger partial charge in [-0.15, -0.1) is 10.2 Å². The molecule has 3 aromatic rings. The molecule has 1 heterocycles. The molecular weight excluding hydrogens is 420 g/mol. The van der Waals surface area contributed by atoms with Gasteiger partial charge in [0.1, 0.15) is 5.75 Å². The van der Waals surface area contributed by atoms with Gasteiger partial charge in [0, 0.05) is 11.3 Å². The minimum Gasteiger partial charge on any atom is -0.497 e. The normalized spacial score (nSPS) is 10.9. The van der Waals surface area contributed by atoms with Crippen LogP contribution >= 0.6 is 11.8 Å². The number of benzene rings is 2. The van der Waals surface area contributed by atoms with Crippen molar-refractivity contribution < 1.29 is 9.53 Å². The first-order valence-corrected chi connectivity index (χ1v) is 12.2. The summed E-state index contributed by atoms with van der Waals surface area (Å²) in [6, 6.07) is 13.5. The molecule has 0 aliphatic carbocycles. The summed E-state index contributed by atoms with van der Waals surface area (Å²) in [6.45, 7) is 6.82. The fourth-order valence-electron chi connectivity index (χ4n) is 3.55. The number of unbranched alkanes of at least 4 members (excludes halogenated alkanes) is 1. The van der Waals surface area contributed by atoms with Crippen LogP contribution in [0.4, 0.5) is 0 Å². The van der Waals surface area contributed by atoms with Crippen LogP contribution in [0.3, 0.4) is 0 Å². The van der Waals surface area contributed by atoms with E-state index in [1.54, 1.807) is 43.1 Å². The summed E-state index contributed by atoms with van der Waals surface area (Å²) in [7, 11) is 1.61. The van der Waals surface area contributed by atoms with Crippen molar-refractivity contribution in [2.45, 2.75) is 58.2 Å². The zero-order chi connectivity index (χ0) is 22.9. The Hall–Kier alpha value is -2.80. The number of para-hydroxylation sites is 1. The molecule has 0 saturated heterocycles. The number of carbonyl (C=O) groups excluding carboxylic acids is 1. The van der Waals surface area contributed by atoms with Crippen LogP contribution in [0.25, 0.3) is 5.69 Å². The number of aromatic nitrogens is 3. The highest BCUT2D eigenvalue weighted by Gasteiger charge is 2.20. The number of carbonyl (C=O) groups is 1. The van der Waals surface area contributed by atoms with Crippen molar-refractivity contribution in [3.05, 3.63) is 65.0 Å². The molecule has 3 rings (SSSR count). The van der Waals surface area contributed by atoms with Crippen LogP contribution in [0.5, 0.6) is 5.75 Å². The van der Waals surface area contributed by atoms with Crippen LogP contribution in [0.1, 0.15) is 60.9 Å². The van der Waals surface area contributed by atoms with Crippen molar-refractivity contribution in [1.29, 1.82) is 0 Å². The largest absolute Gasteiger partial charge is 0.497 e. The molecule has 2 aromatic carbocycles. The lowest BCUT2D eigenvalue weighted by molar-refractivity contribution is 0.0949. The maximum atomic E-state index is 12.7. The summed E-state index contributed by atoms with van der Waals surface area (Å²) in [5, 5.41) is 12.9. The number of thioether (sulfide) groups is 1. The van der Waals surface area contributed by atoms with Gasteiger partial charge in [-0.1, -0.05) is 57.2 Å². The smallest absolute Gasteiger partial charge is 0.251 e. The van der Waals surface area contributed by atoms with E-state index in [2.05, 4.69) is 59.1 Å². The van der Waals surface area contributed by atoms with Gasteiger partial charge in [-0.25, -0.2) is 0 Å². The maximum Gasteiger partial charge on any atom is 0.251 e. The Kier molecular flexibility index (Phi) is 8.73. The second-order valence-corrected chi connectivity index (χ2v) is 8.54. The SMILES string of the molecule is CCCCSc1nnc(CNC(=O)c2ccc(OC)cc2)n1-c1c(CC)cccc1CC. The summed E-state index contributed by atoms with van der Waals surface area (Å²) in [5.41, 5.74) is 4.24. The van der Waals surface area contributed by atoms with E-state index in [0.29, 0.717) is 12.1 Å². The number of methoxy groups -OCH3 is 1. The second-order valence-electron chi connectivity index (χ2n) is 7.48. The molecule has 0 radical (unpaired) electrons. The van der Waals surface area contributed by atoms with Gasteiger partial charge in [0.15, 0.2) is 11.0 Å². The Morgan fingerprint density at radius 3 is 2.31 bits per heavy atom. The molecule has 0 aliphatic rings. The second kappa shape index (κ2) is 11.7. The number of aryl methyl sites for hydroxylation is 2. The molecule has 0 aliphatic heterocycles. The fourth-order valence-corrected chi connectivity index (χ4v) is 4.59. The van der Waals surface area contributed by atoms with Crippen LogP contribution < -0.4 is 10.1 Å². The average Bonchev–Trinajstić information content (AvgIpc) is 3.24. The topological polar surface area (TPSA) is 69.0 Å². The molecule has 6 nitrogen and oxygen atoms in total. The molecule has 1 N–H and O–H groups in total. The minimum absolute atomic E-state index is 0.151. The minimum atomic E-state index is -0.151. The highest BCUT2D eigenvalue weighted by Crippen LogP contribution is 2.29. The quantitative estimate of drug-likeness (QED) is 0.319. The summed E-state index contributed by atoms with van der Waals surface area (Å²) in [4.78, 5) is 12.7. The summed E-state index contributed by atoms with van der Waals surface area (Å²) < 4.78 is 7.32. The van der Waals surface area contributed by atoms with Crippen molar-refractivity contribution in [3.63, 3.8) is 0 Å². The van der Waals surface area contributed by atoms with Gasteiger partial charge in [-0.3, -0.25) is 9.36 Å². The lowest BCUT2D eigenvalue weighted by Gasteiger charge is -2.18. The highest BCUT2D eigenvalue weighted by atomic mass is 32.2. The van der Waals surface area contributed by atoms with E-state index in [4.69, 9.17) is 4.74 Å². The number of amides is 1. The molecule has 0 spiro atoms. The molecule has 1 amide bonds. The summed E-state index contributed by atoms with van der Waals surface area (Å²) in [6.07, 6.45) is 4.09. The molecular formula is C25H32N4O2S. The van der Waals surface area contributed by atoms with E-state index in [1.165, 1.54) is 11.1 Å². The van der Waals surface area contributed by atoms with E-state index in [1.807, 2.05) is 0 Å². The predicted octanol–water partition coefficient (Wildman–Crippen LogP) is 5.22. The Morgan fingerprint density at radius 1 is 1.03 bits per heavy atom. The van der Waals surface area contributed by atoms with Crippen LogP contribution in [0, 0.1) is 0 Å². The highest BCUT2D eigenvalue weighted by molar-refractivity contribution is 7.99. The van der Waals surface area contributed by atoms with Gasteiger partial charge >= 0.3 is 0 Å². The first kappa shape index (κ1) is 23.9. The van der Waals surface area contributed by atoms with Gasteiger partial charge in [-0.05, 0) is 54.7 Å². The maximum absolute atomic E-state index is 12.7. The van der Waals surface area contributed by atoms with Crippen molar-refractivity contribution >= 4 is 17.7 Å². The Balaban J connectivity index is 1.92. The third-order valence-corrected chi connectivity index (χ3v) is 6.39. The standard InChI is InChI=1S/C25H32N4O2S/c1-5-8-16-32-25-28-27-22(17-26-24(30)20-12-14-21(31-4)15-13-20)29(25)23-18(6-2)10-9-11-19(23)7-3/h9-15H,5-8,16-17H2,1-4H3,(H,26,30). The monoisotopic (exact) mass is 452 g/mol. The molecule has 0 bridgehead atoms. The van der Waals surface area contributed by atoms with Crippen LogP contribution in [0.15, 0.2) is 47.6 Å². The van der Waals surface area contributed by atoms with Crippen molar-refractivity contribution in [2.24, 2.45) is 0 Å². The number of ether oxygens (including phenoxy) is 1. The zero-order valence-electron chi connectivity index (χ0n) is 19.4. The Morgan fingerprint density at radius 2 is 1.72 bits per heavy atom. The zero-order valence-corrected chi connectivity index (χ0v) is 20.2. The molecule has 0 saturated carbocycles. The molecule has 0 fully saturated rings. The molecule has 170 valence electrons. The third kappa shape index (κ3) is 5.51. The van der Waals surface area contributed by atoms with Crippen LogP contribution in [-0.2, 0) is 19.4 Å². The number of rotatable bonds is 11. The van der Waals surface area contributed by atoms with Crippen molar-refractivity contribution in [1.82, 2.24) is 20.1 Å². The lowest BCUT2D eigenvalue weighted by atomic mass is 10.0. The lowest BCUT2D eigenvalue weighted by Crippen LogP contribution is -2.25. The summed E-state index contributed by atoms with van der Waals surface area (Å²) >= 11 is 1.72. The third-order valence-electron chi connectivity index (χ3n) is 5.38. The molecule has 0 unspecified atom stereocenters. The van der Waals surface area contributed by atoms with Gasteiger partial charge in [-0.2, -0.15) is 0 Å². The van der Waals surface area contributed by atoms with Crippen LogP contribution in [-0.4, -0.2) is 33.5 Å². The number of hydrogen-bond donors (Lipinski definition) is 1. The average molecular weight is 453 g/mol. The van der Waals surface area contributed by atoms with E-state index in [-0.39, 0.29) is 5.91 Å². The number of nitrogens with one attached hydrogen (secondary N) is 1. The number of hydrogen-bond acceptors (Lipinski definition) is 5. The summed E-state index contributed by atoms with van der Waals surface area (Å²) in [5.74, 6) is 2.30. The molecule has 7 heteroatoms. The molecule has 0 atom stereocenters. The van der Waals surface area contributed by atoms with Gasteiger partial charge in [0.05, 0.1) is 19.3 Å². The predicted molar refractivity (Wildman–Crippen MR) is 130 cm³/mol. The van der Waals surface area contributed by atoms with E-state index >= 15 is 0 Å². The first-order valence-electron chi connectivity index (χ1n) is 11.2. The molecule has 32 heavy (non-hydrogen) atoms. The van der Waals surface area contributed by atoms with Crippen LogP contribution in [0.2, 0.25) is 0 Å². The van der Waals surface area contributed by atoms with Gasteiger partial charge in [0.25, 0.3) is 5.91 Å². The van der Waals surface area contributed by atoms with E-state index in [9.17, 15) is 4.79 Å². The van der Waals surface area contributed by atoms with Crippen molar-refractivity contribution in [3.8, 4) is 11.4 Å². The van der Waals surface area contributed by atoms with Crippen molar-refractivity contribution in [2.75, 3.05) is 12.9 Å². The first-order chi connectivity index (χ1) is 15.6. The van der Waals surface area contributed by atoms with Gasteiger partial charge < -0.3 is 10.1 Å². The van der Waals surface area contributed by atoms with E-state index in [0.717, 1.165) is 53.9 Å². The fraction of sp³-hybridized carbons (Fsp3) is 0.400. The molecule has 1 aromatic heterocycles. The Labute approximate surface area is 194 Å². The Bertz CT molecular complexity index is 1010. The van der Waals surface area contributed by atoms with Gasteiger partial charge in [0.2, 0.25) is 0 Å².